The Bertz CT molecular complexity index is 825. The minimum Gasteiger partial charge on any atom is -0.478 e. The number of carboxylic acids is 1. The number of halogens is 2. The molecule has 0 amide bonds. The lowest BCUT2D eigenvalue weighted by atomic mass is 9.97. The fraction of sp³-hybridized carbons (Fsp3) is 0. The SMILES string of the molecule is O=C(O)c1cc2cc(Cl)ccc2c2cc(Cl)ccc12. The highest BCUT2D eigenvalue weighted by Crippen LogP contribution is 2.32. The molecule has 0 aliphatic heterocycles. The molecule has 0 aliphatic rings. The lowest BCUT2D eigenvalue weighted by Gasteiger charge is -2.08. The van der Waals surface area contributed by atoms with Gasteiger partial charge >= 0.3 is 5.97 Å². The van der Waals surface area contributed by atoms with Crippen molar-refractivity contribution in [2.24, 2.45) is 0 Å². The molecule has 4 heteroatoms. The van der Waals surface area contributed by atoms with Gasteiger partial charge in [0.15, 0.2) is 0 Å². The summed E-state index contributed by atoms with van der Waals surface area (Å²) in [5, 5.41) is 13.7. The maximum absolute atomic E-state index is 11.4. The van der Waals surface area contributed by atoms with Gasteiger partial charge in [-0.05, 0) is 51.9 Å². The van der Waals surface area contributed by atoms with Gasteiger partial charge in [0.25, 0.3) is 0 Å². The van der Waals surface area contributed by atoms with Crippen molar-refractivity contribution in [2.45, 2.75) is 0 Å². The Balaban J connectivity index is 2.57. The van der Waals surface area contributed by atoms with Crippen LogP contribution in [0.3, 0.4) is 0 Å². The summed E-state index contributed by atoms with van der Waals surface area (Å²) in [7, 11) is 0. The van der Waals surface area contributed by atoms with Gasteiger partial charge in [0.1, 0.15) is 0 Å². The second-order valence-corrected chi connectivity index (χ2v) is 5.16. The summed E-state index contributed by atoms with van der Waals surface area (Å²) >= 11 is 12.0. The summed E-state index contributed by atoms with van der Waals surface area (Å²) in [6.45, 7) is 0. The smallest absolute Gasteiger partial charge is 0.336 e. The fourth-order valence-corrected chi connectivity index (χ4v) is 2.64. The van der Waals surface area contributed by atoms with Gasteiger partial charge in [-0.1, -0.05) is 35.3 Å². The van der Waals surface area contributed by atoms with Gasteiger partial charge in [-0.3, -0.25) is 0 Å². The Labute approximate surface area is 119 Å². The molecule has 94 valence electrons. The van der Waals surface area contributed by atoms with Crippen LogP contribution in [0.4, 0.5) is 0 Å². The second kappa shape index (κ2) is 4.41. The number of carbonyl (C=O) groups is 1. The molecule has 1 N–H and O–H groups in total. The van der Waals surface area contributed by atoms with Crippen LogP contribution in [0.2, 0.25) is 10.0 Å². The Hall–Kier alpha value is -1.77. The Morgan fingerprint density at radius 1 is 0.842 bits per heavy atom. The van der Waals surface area contributed by atoms with Gasteiger partial charge in [-0.2, -0.15) is 0 Å². The topological polar surface area (TPSA) is 37.3 Å². The van der Waals surface area contributed by atoms with Crippen molar-refractivity contribution in [2.75, 3.05) is 0 Å². The van der Waals surface area contributed by atoms with Crippen molar-refractivity contribution >= 4 is 50.7 Å². The van der Waals surface area contributed by atoms with Crippen LogP contribution in [-0.4, -0.2) is 11.1 Å². The van der Waals surface area contributed by atoms with Crippen molar-refractivity contribution in [3.8, 4) is 0 Å². The molecule has 2 nitrogen and oxygen atoms in total. The largest absolute Gasteiger partial charge is 0.478 e. The number of carboxylic acid groups (broad SMARTS) is 1. The van der Waals surface area contributed by atoms with Crippen LogP contribution in [-0.2, 0) is 0 Å². The fourth-order valence-electron chi connectivity index (χ4n) is 2.28. The molecule has 0 saturated carbocycles. The Kier molecular flexibility index (Phi) is 2.85. The molecular formula is C15H8Cl2O2. The van der Waals surface area contributed by atoms with E-state index in [2.05, 4.69) is 0 Å². The van der Waals surface area contributed by atoms with Crippen LogP contribution in [0.1, 0.15) is 10.4 Å². The van der Waals surface area contributed by atoms with Crippen molar-refractivity contribution in [1.82, 2.24) is 0 Å². The van der Waals surface area contributed by atoms with Gasteiger partial charge in [0, 0.05) is 10.0 Å². The lowest BCUT2D eigenvalue weighted by molar-refractivity contribution is 0.0699. The van der Waals surface area contributed by atoms with Crippen molar-refractivity contribution in [1.29, 1.82) is 0 Å². The van der Waals surface area contributed by atoms with Gasteiger partial charge in [-0.15, -0.1) is 0 Å². The van der Waals surface area contributed by atoms with Crippen LogP contribution >= 0.6 is 23.2 Å². The van der Waals surface area contributed by atoms with Crippen LogP contribution in [0.25, 0.3) is 21.5 Å². The van der Waals surface area contributed by atoms with E-state index in [-0.39, 0.29) is 5.56 Å². The molecule has 3 aromatic carbocycles. The number of rotatable bonds is 1. The van der Waals surface area contributed by atoms with E-state index in [0.717, 1.165) is 16.2 Å². The molecular weight excluding hydrogens is 283 g/mol. The van der Waals surface area contributed by atoms with Crippen molar-refractivity contribution in [3.63, 3.8) is 0 Å². The first-order valence-corrected chi connectivity index (χ1v) is 6.37. The molecule has 19 heavy (non-hydrogen) atoms. The van der Waals surface area contributed by atoms with E-state index in [1.807, 2.05) is 6.07 Å². The minimum atomic E-state index is -0.964. The quantitative estimate of drug-likeness (QED) is 0.641. The van der Waals surface area contributed by atoms with Gasteiger partial charge in [0.05, 0.1) is 5.56 Å². The summed E-state index contributed by atoms with van der Waals surface area (Å²) in [6.07, 6.45) is 0. The molecule has 0 aliphatic carbocycles. The number of hydrogen-bond acceptors (Lipinski definition) is 1. The summed E-state index contributed by atoms with van der Waals surface area (Å²) in [6, 6.07) is 12.3. The highest BCUT2D eigenvalue weighted by Gasteiger charge is 2.12. The number of benzene rings is 3. The predicted molar refractivity (Wildman–Crippen MR) is 78.4 cm³/mol. The van der Waals surface area contributed by atoms with Crippen molar-refractivity contribution in [3.05, 3.63) is 58.1 Å². The lowest BCUT2D eigenvalue weighted by Crippen LogP contribution is -1.98. The maximum atomic E-state index is 11.4. The second-order valence-electron chi connectivity index (χ2n) is 4.28. The van der Waals surface area contributed by atoms with E-state index in [4.69, 9.17) is 23.2 Å². The van der Waals surface area contributed by atoms with Gasteiger partial charge in [0.2, 0.25) is 0 Å². The summed E-state index contributed by atoms with van der Waals surface area (Å²) < 4.78 is 0. The minimum absolute atomic E-state index is 0.251. The molecule has 0 spiro atoms. The molecule has 3 aromatic rings. The van der Waals surface area contributed by atoms with Gasteiger partial charge in [-0.25, -0.2) is 4.79 Å². The van der Waals surface area contributed by atoms with Crippen LogP contribution < -0.4 is 0 Å². The first-order valence-electron chi connectivity index (χ1n) is 5.61. The van der Waals surface area contributed by atoms with E-state index in [9.17, 15) is 9.90 Å². The molecule has 3 rings (SSSR count). The monoisotopic (exact) mass is 290 g/mol. The number of hydrogen-bond donors (Lipinski definition) is 1. The van der Waals surface area contributed by atoms with E-state index in [1.165, 1.54) is 0 Å². The van der Waals surface area contributed by atoms with E-state index in [1.54, 1.807) is 36.4 Å². The molecule has 0 bridgehead atoms. The maximum Gasteiger partial charge on any atom is 0.336 e. The molecule has 0 heterocycles. The standard InChI is InChI=1S/C15H8Cl2O2/c16-9-1-3-11-8(5-9)6-14(15(18)19)12-4-2-10(17)7-13(11)12/h1-7H,(H,18,19). The molecule has 0 aromatic heterocycles. The Morgan fingerprint density at radius 3 is 2.16 bits per heavy atom. The highest BCUT2D eigenvalue weighted by atomic mass is 35.5. The van der Waals surface area contributed by atoms with Gasteiger partial charge < -0.3 is 5.11 Å². The number of aromatic carboxylic acids is 1. The third-order valence-corrected chi connectivity index (χ3v) is 3.58. The molecule has 0 fully saturated rings. The predicted octanol–water partition coefficient (Wildman–Crippen LogP) is 5.00. The summed E-state index contributed by atoms with van der Waals surface area (Å²) in [5.41, 5.74) is 0.251. The summed E-state index contributed by atoms with van der Waals surface area (Å²) in [4.78, 5) is 11.4. The summed E-state index contributed by atoms with van der Waals surface area (Å²) in [5.74, 6) is -0.964. The average Bonchev–Trinajstić information content (AvgIpc) is 2.36. The van der Waals surface area contributed by atoms with Crippen LogP contribution in [0.15, 0.2) is 42.5 Å². The van der Waals surface area contributed by atoms with Crippen LogP contribution in [0.5, 0.6) is 0 Å². The first kappa shape index (κ1) is 12.3. The van der Waals surface area contributed by atoms with E-state index < -0.39 is 5.97 Å². The third kappa shape index (κ3) is 2.03. The number of fused-ring (bicyclic) bond motifs is 3. The van der Waals surface area contributed by atoms with E-state index in [0.29, 0.717) is 15.4 Å². The third-order valence-electron chi connectivity index (χ3n) is 3.11. The highest BCUT2D eigenvalue weighted by molar-refractivity contribution is 6.33. The molecule has 0 saturated heterocycles. The zero-order chi connectivity index (χ0) is 13.6. The zero-order valence-corrected chi connectivity index (χ0v) is 11.2. The molecule has 0 unspecified atom stereocenters. The first-order chi connectivity index (χ1) is 9.06. The van der Waals surface area contributed by atoms with Crippen molar-refractivity contribution < 1.29 is 9.90 Å². The molecule has 0 atom stereocenters. The van der Waals surface area contributed by atoms with Crippen LogP contribution in [0, 0.1) is 0 Å². The normalized spacial score (nSPS) is 11.1. The molecule has 0 radical (unpaired) electrons. The van der Waals surface area contributed by atoms with E-state index >= 15 is 0 Å². The Morgan fingerprint density at radius 2 is 1.47 bits per heavy atom. The average molecular weight is 291 g/mol. The zero-order valence-electron chi connectivity index (χ0n) is 9.65.